The van der Waals surface area contributed by atoms with E-state index in [1.165, 1.54) is 11.8 Å². The van der Waals surface area contributed by atoms with Gasteiger partial charge in [-0.3, -0.25) is 4.72 Å². The van der Waals surface area contributed by atoms with Crippen LogP contribution in [-0.2, 0) is 10.0 Å². The van der Waals surface area contributed by atoms with E-state index in [4.69, 9.17) is 5.73 Å². The minimum Gasteiger partial charge on any atom is -0.398 e. The smallest absolute Gasteiger partial charge is 0.233 e. The number of nitrogens with two attached hydrogens (primary N) is 1. The largest absolute Gasteiger partial charge is 0.398 e. The van der Waals surface area contributed by atoms with E-state index < -0.39 is 10.0 Å². The Labute approximate surface area is 142 Å². The van der Waals surface area contributed by atoms with E-state index in [0.717, 1.165) is 8.47 Å². The van der Waals surface area contributed by atoms with Crippen molar-refractivity contribution in [2.45, 2.75) is 4.90 Å². The van der Waals surface area contributed by atoms with Crippen LogP contribution < -0.4 is 10.5 Å². The Morgan fingerprint density at radius 3 is 2.43 bits per heavy atom. The van der Waals surface area contributed by atoms with Crippen molar-refractivity contribution in [3.63, 3.8) is 0 Å². The SMILES string of the molecule is Nc1ccccc1SCCS(=O)(=O)Nc1ccc(I)cc1. The molecule has 2 aromatic carbocycles. The molecule has 0 heterocycles. The molecule has 2 aromatic rings. The number of anilines is 2. The molecular formula is C14H15IN2O2S2. The fourth-order valence-electron chi connectivity index (χ4n) is 1.62. The van der Waals surface area contributed by atoms with Crippen LogP contribution in [0.4, 0.5) is 11.4 Å². The molecule has 0 bridgehead atoms. The Bertz CT molecular complexity index is 703. The lowest BCUT2D eigenvalue weighted by Crippen LogP contribution is -2.18. The topological polar surface area (TPSA) is 72.2 Å². The molecule has 0 saturated carbocycles. The van der Waals surface area contributed by atoms with E-state index in [2.05, 4.69) is 27.3 Å². The maximum Gasteiger partial charge on any atom is 0.233 e. The summed E-state index contributed by atoms with van der Waals surface area (Å²) in [7, 11) is -3.34. The maximum atomic E-state index is 12.0. The minimum absolute atomic E-state index is 0.0397. The van der Waals surface area contributed by atoms with Gasteiger partial charge in [-0.25, -0.2) is 8.42 Å². The van der Waals surface area contributed by atoms with Crippen molar-refractivity contribution < 1.29 is 8.42 Å². The summed E-state index contributed by atoms with van der Waals surface area (Å²) >= 11 is 3.62. The number of thioether (sulfide) groups is 1. The van der Waals surface area contributed by atoms with Crippen LogP contribution in [0.15, 0.2) is 53.4 Å². The number of hydrogen-bond donors (Lipinski definition) is 2. The van der Waals surface area contributed by atoms with Gasteiger partial charge < -0.3 is 5.73 Å². The Morgan fingerprint density at radius 1 is 1.10 bits per heavy atom. The normalized spacial score (nSPS) is 11.3. The number of para-hydroxylation sites is 1. The average Bonchev–Trinajstić information content (AvgIpc) is 2.43. The Hall–Kier alpha value is -0.930. The maximum absolute atomic E-state index is 12.0. The Kier molecular flexibility index (Phi) is 5.77. The van der Waals surface area contributed by atoms with Gasteiger partial charge in [0.05, 0.1) is 5.75 Å². The van der Waals surface area contributed by atoms with E-state index in [0.29, 0.717) is 17.1 Å². The molecule has 0 aromatic heterocycles. The van der Waals surface area contributed by atoms with Gasteiger partial charge in [0, 0.05) is 25.6 Å². The first kappa shape index (κ1) is 16.4. The predicted octanol–water partition coefficient (Wildman–Crippen LogP) is 3.41. The fourth-order valence-corrected chi connectivity index (χ4v) is 4.42. The zero-order valence-corrected chi connectivity index (χ0v) is 14.9. The number of benzene rings is 2. The highest BCUT2D eigenvalue weighted by molar-refractivity contribution is 14.1. The molecule has 0 fully saturated rings. The van der Waals surface area contributed by atoms with Crippen LogP contribution in [0.5, 0.6) is 0 Å². The molecule has 0 aliphatic rings. The van der Waals surface area contributed by atoms with Crippen LogP contribution in [0.1, 0.15) is 0 Å². The third-order valence-corrected chi connectivity index (χ3v) is 6.00. The number of rotatable bonds is 6. The van der Waals surface area contributed by atoms with E-state index >= 15 is 0 Å². The fraction of sp³-hybridized carbons (Fsp3) is 0.143. The van der Waals surface area contributed by atoms with Gasteiger partial charge in [0.15, 0.2) is 0 Å². The van der Waals surface area contributed by atoms with E-state index in [1.54, 1.807) is 18.2 Å². The van der Waals surface area contributed by atoms with Gasteiger partial charge in [-0.15, -0.1) is 11.8 Å². The summed E-state index contributed by atoms with van der Waals surface area (Å²) in [6.07, 6.45) is 0. The first-order chi connectivity index (χ1) is 9.96. The highest BCUT2D eigenvalue weighted by atomic mass is 127. The van der Waals surface area contributed by atoms with Crippen molar-refractivity contribution in [1.29, 1.82) is 0 Å². The molecule has 0 unspecified atom stereocenters. The highest BCUT2D eigenvalue weighted by Gasteiger charge is 2.11. The van der Waals surface area contributed by atoms with Crippen LogP contribution in [0, 0.1) is 3.57 Å². The summed E-state index contributed by atoms with van der Waals surface area (Å²) in [4.78, 5) is 0.905. The lowest BCUT2D eigenvalue weighted by molar-refractivity contribution is 0.602. The molecular weight excluding hydrogens is 419 g/mol. The third-order valence-electron chi connectivity index (χ3n) is 2.65. The predicted molar refractivity (Wildman–Crippen MR) is 98.1 cm³/mol. The van der Waals surface area contributed by atoms with Gasteiger partial charge in [0.25, 0.3) is 0 Å². The molecule has 0 saturated heterocycles. The molecule has 0 amide bonds. The number of halogens is 1. The zero-order chi connectivity index (χ0) is 15.3. The standard InChI is InChI=1S/C14H15IN2O2S2/c15-11-5-7-12(8-6-11)17-21(18,19)10-9-20-14-4-2-1-3-13(14)16/h1-8,17H,9-10,16H2. The molecule has 112 valence electrons. The molecule has 4 nitrogen and oxygen atoms in total. The number of hydrogen-bond acceptors (Lipinski definition) is 4. The molecule has 7 heteroatoms. The second-order valence-electron chi connectivity index (χ2n) is 4.31. The lowest BCUT2D eigenvalue weighted by Gasteiger charge is -2.08. The summed E-state index contributed by atoms with van der Waals surface area (Å²) in [5.41, 5.74) is 7.08. The van der Waals surface area contributed by atoms with Gasteiger partial charge >= 0.3 is 0 Å². The monoisotopic (exact) mass is 434 g/mol. The summed E-state index contributed by atoms with van der Waals surface area (Å²) < 4.78 is 27.6. The number of nitrogen functional groups attached to an aromatic ring is 1. The van der Waals surface area contributed by atoms with E-state index in [1.807, 2.05) is 30.3 Å². The van der Waals surface area contributed by atoms with Gasteiger partial charge in [0.2, 0.25) is 10.0 Å². The second-order valence-corrected chi connectivity index (χ2v) is 8.54. The summed E-state index contributed by atoms with van der Waals surface area (Å²) in [6, 6.07) is 14.7. The van der Waals surface area contributed by atoms with E-state index in [9.17, 15) is 8.42 Å². The van der Waals surface area contributed by atoms with Crippen LogP contribution in [0.3, 0.4) is 0 Å². The van der Waals surface area contributed by atoms with Crippen LogP contribution >= 0.6 is 34.4 Å². The van der Waals surface area contributed by atoms with Crippen LogP contribution in [-0.4, -0.2) is 19.9 Å². The molecule has 2 rings (SSSR count). The number of sulfonamides is 1. The first-order valence-electron chi connectivity index (χ1n) is 6.20. The lowest BCUT2D eigenvalue weighted by atomic mass is 10.3. The molecule has 0 aliphatic heterocycles. The molecule has 21 heavy (non-hydrogen) atoms. The summed E-state index contributed by atoms with van der Waals surface area (Å²) in [5.74, 6) is 0.492. The summed E-state index contributed by atoms with van der Waals surface area (Å²) in [6.45, 7) is 0. The van der Waals surface area contributed by atoms with Crippen molar-refractivity contribution >= 4 is 55.8 Å². The summed E-state index contributed by atoms with van der Waals surface area (Å²) in [5, 5.41) is 0. The molecule has 3 N–H and O–H groups in total. The van der Waals surface area contributed by atoms with Gasteiger partial charge in [-0.05, 0) is 59.0 Å². The molecule has 0 spiro atoms. The van der Waals surface area contributed by atoms with E-state index in [-0.39, 0.29) is 5.75 Å². The molecule has 0 radical (unpaired) electrons. The van der Waals surface area contributed by atoms with Crippen LogP contribution in [0.25, 0.3) is 0 Å². The first-order valence-corrected chi connectivity index (χ1v) is 9.91. The Balaban J connectivity index is 1.90. The average molecular weight is 434 g/mol. The van der Waals surface area contributed by atoms with Crippen molar-refractivity contribution in [1.82, 2.24) is 0 Å². The highest BCUT2D eigenvalue weighted by Crippen LogP contribution is 2.24. The number of nitrogens with one attached hydrogen (secondary N) is 1. The van der Waals surface area contributed by atoms with Crippen molar-refractivity contribution in [3.8, 4) is 0 Å². The van der Waals surface area contributed by atoms with Crippen molar-refractivity contribution in [2.24, 2.45) is 0 Å². The van der Waals surface area contributed by atoms with Gasteiger partial charge in [-0.1, -0.05) is 12.1 Å². The van der Waals surface area contributed by atoms with Gasteiger partial charge in [-0.2, -0.15) is 0 Å². The molecule has 0 aliphatic carbocycles. The third kappa shape index (κ3) is 5.40. The zero-order valence-electron chi connectivity index (χ0n) is 11.1. The molecule has 0 atom stereocenters. The van der Waals surface area contributed by atoms with Crippen LogP contribution in [0.2, 0.25) is 0 Å². The van der Waals surface area contributed by atoms with Crippen molar-refractivity contribution in [2.75, 3.05) is 22.0 Å². The van der Waals surface area contributed by atoms with Crippen molar-refractivity contribution in [3.05, 3.63) is 52.1 Å². The Morgan fingerprint density at radius 2 is 1.76 bits per heavy atom. The van der Waals surface area contributed by atoms with Gasteiger partial charge in [0.1, 0.15) is 0 Å². The second kappa shape index (κ2) is 7.37. The quantitative estimate of drug-likeness (QED) is 0.415. The minimum atomic E-state index is -3.34.